The molecule has 2 aliphatic heterocycles. The van der Waals surface area contributed by atoms with E-state index in [-0.39, 0.29) is 18.0 Å². The Labute approximate surface area is 238 Å². The summed E-state index contributed by atoms with van der Waals surface area (Å²) in [6.45, 7) is 5.91. The predicted octanol–water partition coefficient (Wildman–Crippen LogP) is 4.54. The van der Waals surface area contributed by atoms with E-state index in [0.29, 0.717) is 24.6 Å². The minimum Gasteiger partial charge on any atom is -0.490 e. The van der Waals surface area contributed by atoms with Crippen molar-refractivity contribution in [2.24, 2.45) is 0 Å². The number of hydrogen-bond acceptors (Lipinski definition) is 6. The van der Waals surface area contributed by atoms with E-state index in [1.165, 1.54) is 49.3 Å². The zero-order chi connectivity index (χ0) is 27.6. The third kappa shape index (κ3) is 8.10. The van der Waals surface area contributed by atoms with Crippen LogP contribution in [0.25, 0.3) is 0 Å². The van der Waals surface area contributed by atoms with E-state index in [9.17, 15) is 9.18 Å². The van der Waals surface area contributed by atoms with E-state index in [2.05, 4.69) is 39.0 Å². The van der Waals surface area contributed by atoms with Gasteiger partial charge in [-0.1, -0.05) is 31.4 Å². The highest BCUT2D eigenvalue weighted by atomic mass is 19.1. The monoisotopic (exact) mass is 552 g/mol. The van der Waals surface area contributed by atoms with Gasteiger partial charge in [-0.3, -0.25) is 4.79 Å². The van der Waals surface area contributed by atoms with Gasteiger partial charge in [0, 0.05) is 63.5 Å². The van der Waals surface area contributed by atoms with Crippen molar-refractivity contribution in [2.45, 2.75) is 75.9 Å². The number of carbonyl (C=O) groups excluding carboxylic acids is 1. The first-order chi connectivity index (χ1) is 19.7. The summed E-state index contributed by atoms with van der Waals surface area (Å²) in [4.78, 5) is 13.1. The lowest BCUT2D eigenvalue weighted by Gasteiger charge is -2.30. The Morgan fingerprint density at radius 3 is 2.62 bits per heavy atom. The van der Waals surface area contributed by atoms with Gasteiger partial charge in [-0.05, 0) is 67.8 Å². The first-order valence-corrected chi connectivity index (χ1v) is 15.3. The summed E-state index contributed by atoms with van der Waals surface area (Å²) in [5.74, 6) is 1.85. The lowest BCUT2D eigenvalue weighted by molar-refractivity contribution is -0.109. The molecule has 5 rings (SSSR count). The molecule has 3 N–H and O–H groups in total. The van der Waals surface area contributed by atoms with Crippen LogP contribution in [0.4, 0.5) is 10.1 Å². The zero-order valence-corrected chi connectivity index (χ0v) is 23.6. The molecule has 2 atom stereocenters. The van der Waals surface area contributed by atoms with Crippen molar-refractivity contribution in [3.05, 3.63) is 53.3 Å². The average Bonchev–Trinajstić information content (AvgIpc) is 3.50. The smallest absolute Gasteiger partial charge is 0.207 e. The Morgan fingerprint density at radius 1 is 1.00 bits per heavy atom. The summed E-state index contributed by atoms with van der Waals surface area (Å²) < 4.78 is 27.5. The van der Waals surface area contributed by atoms with Crippen LogP contribution in [-0.2, 0) is 11.2 Å². The van der Waals surface area contributed by atoms with Gasteiger partial charge in [-0.25, -0.2) is 4.39 Å². The first-order valence-electron chi connectivity index (χ1n) is 15.3. The lowest BCUT2D eigenvalue weighted by Crippen LogP contribution is -2.43. The van der Waals surface area contributed by atoms with Crippen LogP contribution >= 0.6 is 0 Å². The van der Waals surface area contributed by atoms with Crippen LogP contribution in [0.1, 0.15) is 68.4 Å². The molecule has 0 aromatic heterocycles. The highest BCUT2D eigenvalue weighted by Crippen LogP contribution is 2.39. The number of rotatable bonds is 13. The van der Waals surface area contributed by atoms with Gasteiger partial charge in [0.05, 0.1) is 0 Å². The molecule has 2 aromatic carbocycles. The molecule has 0 bridgehead atoms. The minimum atomic E-state index is -0.291. The fraction of sp³-hybridized carbons (Fsp3) is 0.594. The SMILES string of the molecule is O=CNCCC(CCc1ccc(OC2CCNC2)c(C2CCCCC2)c1)Oc1cc(F)cc(N2CCNCC2)c1. The van der Waals surface area contributed by atoms with Crippen molar-refractivity contribution in [2.75, 3.05) is 50.7 Å². The van der Waals surface area contributed by atoms with Crippen molar-refractivity contribution >= 4 is 12.1 Å². The highest BCUT2D eigenvalue weighted by Gasteiger charge is 2.24. The Hall–Kier alpha value is -2.84. The third-order valence-electron chi connectivity index (χ3n) is 8.52. The molecule has 40 heavy (non-hydrogen) atoms. The number of piperazine rings is 1. The molecule has 8 heteroatoms. The molecule has 0 spiro atoms. The number of anilines is 1. The molecular weight excluding hydrogens is 507 g/mol. The number of carbonyl (C=O) groups is 1. The Kier molecular flexibility index (Phi) is 10.5. The summed E-state index contributed by atoms with van der Waals surface area (Å²) >= 11 is 0. The number of nitrogens with one attached hydrogen (secondary N) is 3. The van der Waals surface area contributed by atoms with Crippen LogP contribution in [0.2, 0.25) is 0 Å². The highest BCUT2D eigenvalue weighted by molar-refractivity contribution is 5.52. The quantitative estimate of drug-likeness (QED) is 0.250. The van der Waals surface area contributed by atoms with E-state index < -0.39 is 0 Å². The first kappa shape index (κ1) is 28.7. The Balaban J connectivity index is 1.29. The average molecular weight is 553 g/mol. The number of amides is 1. The van der Waals surface area contributed by atoms with Crippen LogP contribution < -0.4 is 30.3 Å². The van der Waals surface area contributed by atoms with Crippen LogP contribution in [0.3, 0.4) is 0 Å². The maximum Gasteiger partial charge on any atom is 0.207 e. The van der Waals surface area contributed by atoms with Crippen LogP contribution in [0, 0.1) is 5.82 Å². The molecule has 2 saturated heterocycles. The molecule has 2 heterocycles. The molecule has 7 nitrogen and oxygen atoms in total. The Bertz CT molecular complexity index is 1080. The van der Waals surface area contributed by atoms with Gasteiger partial charge in [0.2, 0.25) is 6.41 Å². The molecule has 218 valence electrons. The number of ether oxygens (including phenoxy) is 2. The molecule has 2 aromatic rings. The topological polar surface area (TPSA) is 74.9 Å². The maximum absolute atomic E-state index is 14.6. The summed E-state index contributed by atoms with van der Waals surface area (Å²) in [5, 5.41) is 9.51. The zero-order valence-electron chi connectivity index (χ0n) is 23.6. The van der Waals surface area contributed by atoms with E-state index >= 15 is 0 Å². The third-order valence-corrected chi connectivity index (χ3v) is 8.52. The van der Waals surface area contributed by atoms with Crippen molar-refractivity contribution in [3.63, 3.8) is 0 Å². The fourth-order valence-corrected chi connectivity index (χ4v) is 6.31. The van der Waals surface area contributed by atoms with Gasteiger partial charge >= 0.3 is 0 Å². The van der Waals surface area contributed by atoms with Crippen molar-refractivity contribution < 1.29 is 18.7 Å². The van der Waals surface area contributed by atoms with Gasteiger partial charge in [0.25, 0.3) is 0 Å². The molecular formula is C32H45FN4O3. The van der Waals surface area contributed by atoms with E-state index in [1.807, 2.05) is 6.07 Å². The van der Waals surface area contributed by atoms with Crippen LogP contribution in [-0.4, -0.2) is 64.4 Å². The number of nitrogens with zero attached hydrogens (tertiary/aromatic N) is 1. The molecule has 3 aliphatic rings. The van der Waals surface area contributed by atoms with Crippen molar-refractivity contribution in [1.82, 2.24) is 16.0 Å². The summed E-state index contributed by atoms with van der Waals surface area (Å²) in [5.41, 5.74) is 3.48. The standard InChI is InChI=1S/C32H45FN4O3/c33-26-19-27(37-16-14-34-15-17-37)21-30(20-26)39-28(10-13-36-23-38)8-6-24-7-9-32(40-29-11-12-35-22-29)31(18-24)25-4-2-1-3-5-25/h7,9,18-21,23,25,28-29,34-35H,1-6,8,10-17,22H2,(H,36,38). The second kappa shape index (κ2) is 14.7. The van der Waals surface area contributed by atoms with E-state index in [0.717, 1.165) is 76.4 Å². The van der Waals surface area contributed by atoms with Gasteiger partial charge in [0.1, 0.15) is 29.5 Å². The second-order valence-electron chi connectivity index (χ2n) is 11.5. The van der Waals surface area contributed by atoms with Crippen LogP contribution in [0.15, 0.2) is 36.4 Å². The largest absolute Gasteiger partial charge is 0.490 e. The molecule has 3 fully saturated rings. The number of hydrogen-bond donors (Lipinski definition) is 3. The molecule has 0 radical (unpaired) electrons. The second-order valence-corrected chi connectivity index (χ2v) is 11.5. The molecule has 1 saturated carbocycles. The minimum absolute atomic E-state index is 0.149. The molecule has 1 amide bonds. The van der Waals surface area contributed by atoms with Crippen LogP contribution in [0.5, 0.6) is 11.5 Å². The summed E-state index contributed by atoms with van der Waals surface area (Å²) in [6.07, 6.45) is 10.5. The predicted molar refractivity (Wildman–Crippen MR) is 157 cm³/mol. The maximum atomic E-state index is 14.6. The van der Waals surface area contributed by atoms with Gasteiger partial charge in [0.15, 0.2) is 0 Å². The number of benzene rings is 2. The van der Waals surface area contributed by atoms with Crippen molar-refractivity contribution in [3.8, 4) is 11.5 Å². The van der Waals surface area contributed by atoms with Gasteiger partial charge < -0.3 is 30.3 Å². The van der Waals surface area contributed by atoms with Gasteiger partial charge in [-0.2, -0.15) is 0 Å². The van der Waals surface area contributed by atoms with E-state index in [4.69, 9.17) is 9.47 Å². The number of halogens is 1. The normalized spacial score (nSPS) is 20.7. The fourth-order valence-electron chi connectivity index (χ4n) is 6.31. The number of aryl methyl sites for hydroxylation is 1. The Morgan fingerprint density at radius 2 is 1.85 bits per heavy atom. The molecule has 1 aliphatic carbocycles. The summed E-state index contributed by atoms with van der Waals surface area (Å²) in [6, 6.07) is 11.7. The van der Waals surface area contributed by atoms with E-state index in [1.54, 1.807) is 6.07 Å². The van der Waals surface area contributed by atoms with Gasteiger partial charge in [-0.15, -0.1) is 0 Å². The summed E-state index contributed by atoms with van der Waals surface area (Å²) in [7, 11) is 0. The molecule has 2 unspecified atom stereocenters. The lowest BCUT2D eigenvalue weighted by atomic mass is 9.83. The van der Waals surface area contributed by atoms with Crippen molar-refractivity contribution in [1.29, 1.82) is 0 Å².